The number of carbonyl (C=O) groups excluding carboxylic acids is 2. The average molecular weight is 459 g/mol. The summed E-state index contributed by atoms with van der Waals surface area (Å²) in [6.45, 7) is 7.46. The zero-order chi connectivity index (χ0) is 24.6. The molecule has 0 radical (unpaired) electrons. The second-order valence-electron chi connectivity index (χ2n) is 9.14. The van der Waals surface area contributed by atoms with Gasteiger partial charge in [0.2, 0.25) is 5.91 Å². The quantitative estimate of drug-likeness (QED) is 0.468. The SMILES string of the molecule is C[C@@H](OCc1ccc2c(CCC(=O)O)cccc2c1)[C@H](CCC(N)=O)NC(=O)OC(C)(C)C. The Kier molecular flexibility index (Phi) is 9.22. The number of rotatable bonds is 11. The molecule has 33 heavy (non-hydrogen) atoms. The number of alkyl carbamates (subject to hydrolysis) is 1. The molecule has 2 rings (SSSR count). The van der Waals surface area contributed by atoms with Gasteiger partial charge in [0.25, 0.3) is 0 Å². The average Bonchev–Trinajstić information content (AvgIpc) is 2.71. The lowest BCUT2D eigenvalue weighted by molar-refractivity contribution is -0.137. The van der Waals surface area contributed by atoms with Crippen molar-refractivity contribution in [3.63, 3.8) is 0 Å². The molecule has 2 aromatic carbocycles. The van der Waals surface area contributed by atoms with Crippen molar-refractivity contribution >= 4 is 28.7 Å². The molecule has 2 aromatic rings. The Morgan fingerprint density at radius 1 is 1.12 bits per heavy atom. The van der Waals surface area contributed by atoms with Gasteiger partial charge in [0.05, 0.1) is 18.8 Å². The molecule has 0 saturated carbocycles. The molecular formula is C25H34N2O6. The number of ether oxygens (including phenoxy) is 2. The van der Waals surface area contributed by atoms with Crippen LogP contribution in [0.5, 0.6) is 0 Å². The van der Waals surface area contributed by atoms with Crippen LogP contribution in [0.3, 0.4) is 0 Å². The van der Waals surface area contributed by atoms with E-state index in [1.165, 1.54) is 0 Å². The maximum atomic E-state index is 12.2. The largest absolute Gasteiger partial charge is 0.481 e. The summed E-state index contributed by atoms with van der Waals surface area (Å²) in [7, 11) is 0. The molecule has 0 aromatic heterocycles. The number of nitrogens with two attached hydrogens (primary N) is 1. The summed E-state index contributed by atoms with van der Waals surface area (Å²) in [5.74, 6) is -1.27. The van der Waals surface area contributed by atoms with Gasteiger partial charge in [0, 0.05) is 12.8 Å². The summed E-state index contributed by atoms with van der Waals surface area (Å²) in [5, 5.41) is 13.8. The van der Waals surface area contributed by atoms with Gasteiger partial charge in [0.15, 0.2) is 0 Å². The number of carboxylic acid groups (broad SMARTS) is 1. The van der Waals surface area contributed by atoms with Crippen LogP contribution in [-0.2, 0) is 32.1 Å². The first-order valence-corrected chi connectivity index (χ1v) is 11.1. The van der Waals surface area contributed by atoms with Crippen LogP contribution in [-0.4, -0.2) is 40.8 Å². The number of primary amides is 1. The smallest absolute Gasteiger partial charge is 0.407 e. The number of aliphatic carboxylic acids is 1. The van der Waals surface area contributed by atoms with Gasteiger partial charge < -0.3 is 25.6 Å². The molecule has 0 spiro atoms. The van der Waals surface area contributed by atoms with Crippen LogP contribution >= 0.6 is 0 Å². The summed E-state index contributed by atoms with van der Waals surface area (Å²) in [6.07, 6.45) is 0.0291. The maximum Gasteiger partial charge on any atom is 0.407 e. The first kappa shape index (κ1) is 26.1. The third-order valence-electron chi connectivity index (χ3n) is 5.13. The lowest BCUT2D eigenvalue weighted by Crippen LogP contribution is -2.45. The monoisotopic (exact) mass is 458 g/mol. The predicted molar refractivity (Wildman–Crippen MR) is 126 cm³/mol. The van der Waals surface area contributed by atoms with Gasteiger partial charge in [-0.05, 0) is 68.5 Å². The minimum absolute atomic E-state index is 0.0822. The highest BCUT2D eigenvalue weighted by atomic mass is 16.6. The minimum atomic E-state index is -0.822. The van der Waals surface area contributed by atoms with Gasteiger partial charge in [0.1, 0.15) is 5.60 Å². The number of hydrogen-bond donors (Lipinski definition) is 3. The zero-order valence-electron chi connectivity index (χ0n) is 19.7. The van der Waals surface area contributed by atoms with Crippen molar-refractivity contribution in [1.29, 1.82) is 0 Å². The van der Waals surface area contributed by atoms with Gasteiger partial charge in [-0.15, -0.1) is 0 Å². The molecule has 2 amide bonds. The number of nitrogens with one attached hydrogen (secondary N) is 1. The lowest BCUT2D eigenvalue weighted by Gasteiger charge is -2.27. The number of fused-ring (bicyclic) bond motifs is 1. The molecule has 0 fully saturated rings. The molecule has 180 valence electrons. The highest BCUT2D eigenvalue weighted by Gasteiger charge is 2.24. The summed E-state index contributed by atoms with van der Waals surface area (Å²) in [4.78, 5) is 34.4. The van der Waals surface area contributed by atoms with Gasteiger partial charge in [-0.25, -0.2) is 4.79 Å². The number of amides is 2. The van der Waals surface area contributed by atoms with Gasteiger partial charge in [-0.2, -0.15) is 0 Å². The van der Waals surface area contributed by atoms with Crippen molar-refractivity contribution in [2.45, 2.75) is 77.7 Å². The van der Waals surface area contributed by atoms with E-state index in [1.54, 1.807) is 20.8 Å². The molecule has 0 aliphatic heterocycles. The molecule has 2 atom stereocenters. The highest BCUT2D eigenvalue weighted by molar-refractivity contribution is 5.86. The minimum Gasteiger partial charge on any atom is -0.481 e. The first-order valence-electron chi connectivity index (χ1n) is 11.1. The predicted octanol–water partition coefficient (Wildman–Crippen LogP) is 3.92. The second-order valence-corrected chi connectivity index (χ2v) is 9.14. The third-order valence-corrected chi connectivity index (χ3v) is 5.13. The van der Waals surface area contributed by atoms with Crippen LogP contribution in [0.15, 0.2) is 36.4 Å². The Balaban J connectivity index is 2.06. The number of carbonyl (C=O) groups is 3. The Morgan fingerprint density at radius 2 is 1.85 bits per heavy atom. The van der Waals surface area contributed by atoms with E-state index < -0.39 is 35.7 Å². The van der Waals surface area contributed by atoms with Crippen LogP contribution in [0.25, 0.3) is 10.8 Å². The van der Waals surface area contributed by atoms with Crippen molar-refractivity contribution in [2.24, 2.45) is 5.73 Å². The van der Waals surface area contributed by atoms with Crippen molar-refractivity contribution in [2.75, 3.05) is 0 Å². The van der Waals surface area contributed by atoms with Crippen LogP contribution in [0.2, 0.25) is 0 Å². The zero-order valence-corrected chi connectivity index (χ0v) is 19.7. The topological polar surface area (TPSA) is 128 Å². The van der Waals surface area contributed by atoms with E-state index in [1.807, 2.05) is 43.3 Å². The molecule has 4 N–H and O–H groups in total. The summed E-state index contributed by atoms with van der Waals surface area (Å²) in [6, 6.07) is 11.3. The summed E-state index contributed by atoms with van der Waals surface area (Å²) < 4.78 is 11.3. The summed E-state index contributed by atoms with van der Waals surface area (Å²) >= 11 is 0. The van der Waals surface area contributed by atoms with Crippen molar-refractivity contribution in [1.82, 2.24) is 5.32 Å². The molecule has 0 aliphatic rings. The number of aryl methyl sites for hydroxylation is 1. The van der Waals surface area contributed by atoms with Gasteiger partial charge in [-0.1, -0.05) is 30.3 Å². The van der Waals surface area contributed by atoms with Crippen molar-refractivity contribution < 1.29 is 29.0 Å². The molecule has 0 saturated heterocycles. The van der Waals surface area contributed by atoms with Gasteiger partial charge in [-0.3, -0.25) is 9.59 Å². The number of hydrogen-bond acceptors (Lipinski definition) is 5. The fourth-order valence-electron chi connectivity index (χ4n) is 3.47. The number of benzene rings is 2. The normalized spacial score (nSPS) is 13.3. The standard InChI is InChI=1S/C25H34N2O6/c1-16(21(11-12-22(26)28)27-24(31)33-25(2,3)4)32-15-17-8-10-20-18(9-13-23(29)30)6-5-7-19(20)14-17/h5-8,10,14,16,21H,9,11-13,15H2,1-4H3,(H2,26,28)(H,27,31)(H,29,30)/t16-,21+/m1/s1. The van der Waals surface area contributed by atoms with Crippen molar-refractivity contribution in [3.05, 3.63) is 47.5 Å². The molecular weight excluding hydrogens is 424 g/mol. The molecule has 0 aliphatic carbocycles. The van der Waals surface area contributed by atoms with Crippen LogP contribution < -0.4 is 11.1 Å². The molecule has 0 bridgehead atoms. The van der Waals surface area contributed by atoms with E-state index in [-0.39, 0.29) is 12.8 Å². The Labute approximate surface area is 194 Å². The molecule has 8 nitrogen and oxygen atoms in total. The van der Waals surface area contributed by atoms with Crippen LogP contribution in [0.1, 0.15) is 58.1 Å². The first-order chi connectivity index (χ1) is 15.4. The number of carboxylic acids is 1. The Bertz CT molecular complexity index is 983. The van der Waals surface area contributed by atoms with Crippen LogP contribution in [0, 0.1) is 0 Å². The van der Waals surface area contributed by atoms with E-state index >= 15 is 0 Å². The van der Waals surface area contributed by atoms with Gasteiger partial charge >= 0.3 is 12.1 Å². The Hall–Kier alpha value is -3.13. The Morgan fingerprint density at radius 3 is 2.48 bits per heavy atom. The molecule has 0 heterocycles. The van der Waals surface area contributed by atoms with Crippen LogP contribution in [0.4, 0.5) is 4.79 Å². The maximum absolute atomic E-state index is 12.2. The highest BCUT2D eigenvalue weighted by Crippen LogP contribution is 2.22. The van der Waals surface area contributed by atoms with E-state index in [0.717, 1.165) is 21.9 Å². The fraction of sp³-hybridized carbons (Fsp3) is 0.480. The van der Waals surface area contributed by atoms with E-state index in [2.05, 4.69) is 5.32 Å². The third kappa shape index (κ3) is 9.10. The second kappa shape index (κ2) is 11.7. The van der Waals surface area contributed by atoms with E-state index in [4.69, 9.17) is 20.3 Å². The van der Waals surface area contributed by atoms with E-state index in [9.17, 15) is 14.4 Å². The van der Waals surface area contributed by atoms with E-state index in [0.29, 0.717) is 19.4 Å². The fourth-order valence-corrected chi connectivity index (χ4v) is 3.47. The summed E-state index contributed by atoms with van der Waals surface area (Å²) in [5.41, 5.74) is 6.57. The molecule has 0 unspecified atom stereocenters. The molecule has 8 heteroatoms. The van der Waals surface area contributed by atoms with Crippen molar-refractivity contribution in [3.8, 4) is 0 Å². The lowest BCUT2D eigenvalue weighted by atomic mass is 9.99.